The number of ether oxygens (including phenoxy) is 1. The molecule has 0 saturated heterocycles. The van der Waals surface area contributed by atoms with E-state index < -0.39 is 0 Å². The largest absolute Gasteiger partial charge is 0.493 e. The number of fused-ring (bicyclic) bond motifs is 1. The second-order valence-corrected chi connectivity index (χ2v) is 7.31. The average Bonchev–Trinajstić information content (AvgIpc) is 2.79. The van der Waals surface area contributed by atoms with Crippen LogP contribution in [-0.4, -0.2) is 48.6 Å². The van der Waals surface area contributed by atoms with Gasteiger partial charge in [-0.2, -0.15) is 0 Å². The lowest BCUT2D eigenvalue weighted by molar-refractivity contribution is 0.0952. The molecule has 0 fully saturated rings. The molecule has 1 aromatic heterocycles. The Bertz CT molecular complexity index is 1020. The molecule has 0 radical (unpaired) electrons. The number of nitrogens with zero attached hydrogens (tertiary/aromatic N) is 2. The Labute approximate surface area is 183 Å². The van der Waals surface area contributed by atoms with E-state index in [2.05, 4.69) is 24.1 Å². The van der Waals surface area contributed by atoms with Crippen molar-refractivity contribution in [3.05, 3.63) is 59.9 Å². The lowest BCUT2D eigenvalue weighted by atomic mass is 10.1. The molecule has 0 saturated carbocycles. The van der Waals surface area contributed by atoms with Crippen molar-refractivity contribution in [2.45, 2.75) is 27.2 Å². The van der Waals surface area contributed by atoms with Gasteiger partial charge in [-0.05, 0) is 75.4 Å². The van der Waals surface area contributed by atoms with Crippen LogP contribution in [-0.2, 0) is 0 Å². The summed E-state index contributed by atoms with van der Waals surface area (Å²) in [4.78, 5) is 19.7. The smallest absolute Gasteiger partial charge is 0.251 e. The van der Waals surface area contributed by atoms with Gasteiger partial charge in [0, 0.05) is 29.1 Å². The number of benzene rings is 2. The zero-order chi connectivity index (χ0) is 22.2. The van der Waals surface area contributed by atoms with Gasteiger partial charge < -0.3 is 15.0 Å². The highest BCUT2D eigenvalue weighted by molar-refractivity contribution is 5.99. The maximum absolute atomic E-state index is 13.3. The van der Waals surface area contributed by atoms with Crippen LogP contribution in [0.4, 0.5) is 4.39 Å². The standard InChI is InChI=1S/C25H30FN3O2/c1-4-29(5-2)15-7-14-27-25(30)19-10-13-22-21(16-19)24(31-6-3)17-23(28-22)18-8-11-20(26)12-9-18/h8-13,16-17H,4-7,14-15H2,1-3H3,(H,27,30). The van der Waals surface area contributed by atoms with Gasteiger partial charge in [0.25, 0.3) is 5.91 Å². The molecule has 0 aliphatic rings. The molecule has 3 aromatic rings. The molecule has 0 aliphatic heterocycles. The van der Waals surface area contributed by atoms with Crippen LogP contribution in [0.3, 0.4) is 0 Å². The predicted molar refractivity (Wildman–Crippen MR) is 123 cm³/mol. The molecule has 0 bridgehead atoms. The molecule has 6 heteroatoms. The summed E-state index contributed by atoms with van der Waals surface area (Å²) in [5.41, 5.74) is 2.81. The Balaban J connectivity index is 1.80. The number of pyridine rings is 1. The molecule has 1 heterocycles. The predicted octanol–water partition coefficient (Wildman–Crippen LogP) is 4.90. The highest BCUT2D eigenvalue weighted by atomic mass is 19.1. The van der Waals surface area contributed by atoms with Crippen molar-refractivity contribution in [3.8, 4) is 17.0 Å². The van der Waals surface area contributed by atoms with Crippen LogP contribution in [0, 0.1) is 5.82 Å². The number of halogens is 1. The molecule has 164 valence electrons. The third kappa shape index (κ3) is 5.79. The minimum atomic E-state index is -0.290. The second kappa shape index (κ2) is 10.9. The normalized spacial score (nSPS) is 11.1. The van der Waals surface area contributed by atoms with Gasteiger partial charge >= 0.3 is 0 Å². The number of aromatic nitrogens is 1. The molecule has 0 atom stereocenters. The fourth-order valence-electron chi connectivity index (χ4n) is 3.53. The van der Waals surface area contributed by atoms with E-state index in [0.717, 1.165) is 42.5 Å². The van der Waals surface area contributed by atoms with E-state index in [9.17, 15) is 9.18 Å². The lowest BCUT2D eigenvalue weighted by Gasteiger charge is -2.17. The first-order valence-corrected chi connectivity index (χ1v) is 10.9. The van der Waals surface area contributed by atoms with Crippen molar-refractivity contribution in [1.82, 2.24) is 15.2 Å². The summed E-state index contributed by atoms with van der Waals surface area (Å²) in [6.07, 6.45) is 0.910. The van der Waals surface area contributed by atoms with Crippen LogP contribution in [0.25, 0.3) is 22.2 Å². The summed E-state index contributed by atoms with van der Waals surface area (Å²) < 4.78 is 19.1. The highest BCUT2D eigenvalue weighted by Gasteiger charge is 2.13. The van der Waals surface area contributed by atoms with E-state index in [1.807, 2.05) is 25.1 Å². The van der Waals surface area contributed by atoms with Crippen LogP contribution < -0.4 is 10.1 Å². The number of carbonyl (C=O) groups is 1. The van der Waals surface area contributed by atoms with Crippen molar-refractivity contribution >= 4 is 16.8 Å². The molecule has 2 aromatic carbocycles. The minimum absolute atomic E-state index is 0.105. The summed E-state index contributed by atoms with van der Waals surface area (Å²) in [6.45, 7) is 10.3. The zero-order valence-electron chi connectivity index (χ0n) is 18.5. The van der Waals surface area contributed by atoms with Crippen molar-refractivity contribution < 1.29 is 13.9 Å². The molecule has 0 spiro atoms. The Morgan fingerprint density at radius 1 is 1.06 bits per heavy atom. The van der Waals surface area contributed by atoms with Gasteiger partial charge in [0.05, 0.1) is 17.8 Å². The first-order valence-electron chi connectivity index (χ1n) is 10.9. The Morgan fingerprint density at radius 2 is 1.81 bits per heavy atom. The Kier molecular flexibility index (Phi) is 7.95. The number of carbonyl (C=O) groups excluding carboxylic acids is 1. The number of amides is 1. The first-order chi connectivity index (χ1) is 15.0. The molecule has 1 amide bonds. The van der Waals surface area contributed by atoms with Gasteiger partial charge in [-0.15, -0.1) is 0 Å². The van der Waals surface area contributed by atoms with Gasteiger partial charge in [0.15, 0.2) is 0 Å². The summed E-state index contributed by atoms with van der Waals surface area (Å²) >= 11 is 0. The van der Waals surface area contributed by atoms with Gasteiger partial charge in [-0.25, -0.2) is 9.37 Å². The Morgan fingerprint density at radius 3 is 2.48 bits per heavy atom. The Hall–Kier alpha value is -2.99. The van der Waals surface area contributed by atoms with Crippen molar-refractivity contribution in [2.75, 3.05) is 32.8 Å². The fraction of sp³-hybridized carbons (Fsp3) is 0.360. The highest BCUT2D eigenvalue weighted by Crippen LogP contribution is 2.31. The lowest BCUT2D eigenvalue weighted by Crippen LogP contribution is -2.29. The van der Waals surface area contributed by atoms with E-state index in [-0.39, 0.29) is 11.7 Å². The monoisotopic (exact) mass is 423 g/mol. The van der Waals surface area contributed by atoms with E-state index >= 15 is 0 Å². The molecule has 31 heavy (non-hydrogen) atoms. The van der Waals surface area contributed by atoms with E-state index in [1.54, 1.807) is 18.2 Å². The molecular formula is C25H30FN3O2. The van der Waals surface area contributed by atoms with E-state index in [4.69, 9.17) is 9.72 Å². The summed E-state index contributed by atoms with van der Waals surface area (Å²) in [7, 11) is 0. The zero-order valence-corrected chi connectivity index (χ0v) is 18.5. The fourth-order valence-corrected chi connectivity index (χ4v) is 3.53. The average molecular weight is 424 g/mol. The first kappa shape index (κ1) is 22.7. The number of hydrogen-bond donors (Lipinski definition) is 1. The summed E-state index contributed by atoms with van der Waals surface area (Å²) in [6, 6.07) is 13.5. The van der Waals surface area contributed by atoms with Crippen LogP contribution in [0.1, 0.15) is 37.6 Å². The topological polar surface area (TPSA) is 54.5 Å². The maximum atomic E-state index is 13.3. The number of hydrogen-bond acceptors (Lipinski definition) is 4. The third-order valence-electron chi connectivity index (χ3n) is 5.30. The minimum Gasteiger partial charge on any atom is -0.493 e. The van der Waals surface area contributed by atoms with Gasteiger partial charge in [-0.3, -0.25) is 4.79 Å². The molecule has 1 N–H and O–H groups in total. The SMILES string of the molecule is CCOc1cc(-c2ccc(F)cc2)nc2ccc(C(=O)NCCCN(CC)CC)cc12. The van der Waals surface area contributed by atoms with E-state index in [0.29, 0.717) is 30.2 Å². The van der Waals surface area contributed by atoms with Gasteiger partial charge in [0.1, 0.15) is 11.6 Å². The van der Waals surface area contributed by atoms with Crippen LogP contribution in [0.5, 0.6) is 5.75 Å². The summed E-state index contributed by atoms with van der Waals surface area (Å²) in [5.74, 6) is 0.261. The van der Waals surface area contributed by atoms with Crippen molar-refractivity contribution in [3.63, 3.8) is 0 Å². The third-order valence-corrected chi connectivity index (χ3v) is 5.30. The van der Waals surface area contributed by atoms with Crippen LogP contribution in [0.15, 0.2) is 48.5 Å². The maximum Gasteiger partial charge on any atom is 0.251 e. The number of nitrogens with one attached hydrogen (secondary N) is 1. The molecule has 5 nitrogen and oxygen atoms in total. The summed E-state index contributed by atoms with van der Waals surface area (Å²) in [5, 5.41) is 3.78. The van der Waals surface area contributed by atoms with Crippen molar-refractivity contribution in [1.29, 1.82) is 0 Å². The van der Waals surface area contributed by atoms with Gasteiger partial charge in [0.2, 0.25) is 0 Å². The van der Waals surface area contributed by atoms with Crippen LogP contribution in [0.2, 0.25) is 0 Å². The molecular weight excluding hydrogens is 393 g/mol. The molecule has 0 unspecified atom stereocenters. The number of rotatable bonds is 10. The van der Waals surface area contributed by atoms with Crippen molar-refractivity contribution in [2.24, 2.45) is 0 Å². The molecule has 3 rings (SSSR count). The quantitative estimate of drug-likeness (QED) is 0.471. The van der Waals surface area contributed by atoms with Gasteiger partial charge in [-0.1, -0.05) is 13.8 Å². The van der Waals surface area contributed by atoms with E-state index in [1.165, 1.54) is 12.1 Å². The van der Waals surface area contributed by atoms with Crippen LogP contribution >= 0.6 is 0 Å². The second-order valence-electron chi connectivity index (χ2n) is 7.31. The molecule has 0 aliphatic carbocycles.